The minimum atomic E-state index is 0.182. The Morgan fingerprint density at radius 2 is 2.47 bits per heavy atom. The van der Waals surface area contributed by atoms with Crippen molar-refractivity contribution in [2.24, 2.45) is 5.92 Å². The Balaban J connectivity index is 2.01. The molecule has 3 heteroatoms. The molecule has 1 saturated heterocycles. The molecule has 1 aromatic rings. The zero-order valence-corrected chi connectivity index (χ0v) is 8.90. The van der Waals surface area contributed by atoms with Gasteiger partial charge in [-0.2, -0.15) is 0 Å². The molecule has 1 atom stereocenters. The van der Waals surface area contributed by atoms with Crippen LogP contribution in [0.1, 0.15) is 28.8 Å². The van der Waals surface area contributed by atoms with Crippen molar-refractivity contribution in [1.82, 2.24) is 4.98 Å². The number of hydrogen-bond acceptors (Lipinski definition) is 3. The molecule has 1 aromatic heterocycles. The van der Waals surface area contributed by atoms with Crippen molar-refractivity contribution in [3.8, 4) is 0 Å². The van der Waals surface area contributed by atoms with Crippen LogP contribution < -0.4 is 0 Å². The molecule has 2 rings (SSSR count). The number of hydrogen-bond donors (Lipinski definition) is 0. The number of Topliss-reactive ketones (excluding diaryl/α,β-unsaturated/α-hetero) is 1. The van der Waals surface area contributed by atoms with E-state index in [1.807, 2.05) is 13.0 Å². The van der Waals surface area contributed by atoms with Gasteiger partial charge in [-0.15, -0.1) is 0 Å². The lowest BCUT2D eigenvalue weighted by atomic mass is 9.98. The Morgan fingerprint density at radius 3 is 3.13 bits per heavy atom. The van der Waals surface area contributed by atoms with Gasteiger partial charge in [-0.3, -0.25) is 9.78 Å². The monoisotopic (exact) mass is 205 g/mol. The fourth-order valence-corrected chi connectivity index (χ4v) is 1.83. The van der Waals surface area contributed by atoms with Crippen molar-refractivity contribution in [3.05, 3.63) is 29.6 Å². The molecule has 2 heterocycles. The van der Waals surface area contributed by atoms with E-state index < -0.39 is 0 Å². The Labute approximate surface area is 89.5 Å². The van der Waals surface area contributed by atoms with E-state index in [9.17, 15) is 4.79 Å². The van der Waals surface area contributed by atoms with Crippen molar-refractivity contribution in [3.63, 3.8) is 0 Å². The molecule has 1 aliphatic heterocycles. The third-order valence-electron chi connectivity index (χ3n) is 2.70. The summed E-state index contributed by atoms with van der Waals surface area (Å²) < 4.78 is 5.25. The topological polar surface area (TPSA) is 39.2 Å². The standard InChI is InChI=1S/C12H15NO2/c1-9-4-11(7-13-6-9)12(14)5-10-2-3-15-8-10/h4,6-7,10H,2-3,5,8H2,1H3. The van der Waals surface area contributed by atoms with Crippen LogP contribution in [0.25, 0.3) is 0 Å². The summed E-state index contributed by atoms with van der Waals surface area (Å²) in [5.41, 5.74) is 1.76. The molecule has 3 nitrogen and oxygen atoms in total. The summed E-state index contributed by atoms with van der Waals surface area (Å²) in [6.45, 7) is 3.47. The highest BCUT2D eigenvalue weighted by molar-refractivity contribution is 5.96. The summed E-state index contributed by atoms with van der Waals surface area (Å²) in [5.74, 6) is 0.583. The van der Waals surface area contributed by atoms with E-state index in [0.717, 1.165) is 30.8 Å². The van der Waals surface area contributed by atoms with Crippen molar-refractivity contribution >= 4 is 5.78 Å². The van der Waals surface area contributed by atoms with E-state index in [4.69, 9.17) is 4.74 Å². The molecular formula is C12H15NO2. The van der Waals surface area contributed by atoms with Crippen LogP contribution >= 0.6 is 0 Å². The van der Waals surface area contributed by atoms with Crippen molar-refractivity contribution in [1.29, 1.82) is 0 Å². The maximum absolute atomic E-state index is 11.9. The average molecular weight is 205 g/mol. The average Bonchev–Trinajstić information content (AvgIpc) is 2.70. The van der Waals surface area contributed by atoms with Gasteiger partial charge in [0.25, 0.3) is 0 Å². The Kier molecular flexibility index (Phi) is 3.11. The van der Waals surface area contributed by atoms with Gasteiger partial charge in [0.1, 0.15) is 0 Å². The minimum Gasteiger partial charge on any atom is -0.381 e. The van der Waals surface area contributed by atoms with Gasteiger partial charge in [-0.1, -0.05) is 0 Å². The van der Waals surface area contributed by atoms with Gasteiger partial charge in [-0.25, -0.2) is 0 Å². The molecule has 0 aliphatic carbocycles. The SMILES string of the molecule is Cc1cncc(C(=O)CC2CCOC2)c1. The van der Waals surface area contributed by atoms with E-state index in [-0.39, 0.29) is 5.78 Å². The Bertz CT molecular complexity index is 356. The number of ether oxygens (including phenoxy) is 1. The first-order chi connectivity index (χ1) is 7.25. The summed E-state index contributed by atoms with van der Waals surface area (Å²) in [4.78, 5) is 15.9. The predicted molar refractivity (Wildman–Crippen MR) is 56.8 cm³/mol. The van der Waals surface area contributed by atoms with Gasteiger partial charge in [0.05, 0.1) is 0 Å². The van der Waals surface area contributed by atoms with Crippen LogP contribution in [0.3, 0.4) is 0 Å². The lowest BCUT2D eigenvalue weighted by molar-refractivity contribution is 0.0952. The smallest absolute Gasteiger partial charge is 0.164 e. The predicted octanol–water partition coefficient (Wildman–Crippen LogP) is 2.00. The molecule has 0 amide bonds. The molecule has 1 unspecified atom stereocenters. The first-order valence-electron chi connectivity index (χ1n) is 5.28. The highest BCUT2D eigenvalue weighted by Crippen LogP contribution is 2.18. The molecule has 0 spiro atoms. The molecule has 1 aliphatic rings. The third-order valence-corrected chi connectivity index (χ3v) is 2.70. The summed E-state index contributed by atoms with van der Waals surface area (Å²) >= 11 is 0. The number of aryl methyl sites for hydroxylation is 1. The number of aromatic nitrogens is 1. The summed E-state index contributed by atoms with van der Waals surface area (Å²) in [6.07, 6.45) is 5.00. The summed E-state index contributed by atoms with van der Waals surface area (Å²) in [6, 6.07) is 1.89. The van der Waals surface area contributed by atoms with Crippen LogP contribution in [-0.2, 0) is 4.74 Å². The number of rotatable bonds is 3. The highest BCUT2D eigenvalue weighted by Gasteiger charge is 2.19. The van der Waals surface area contributed by atoms with Crippen molar-refractivity contribution in [2.45, 2.75) is 19.8 Å². The quantitative estimate of drug-likeness (QED) is 0.708. The van der Waals surface area contributed by atoms with Crippen LogP contribution in [0.2, 0.25) is 0 Å². The normalized spacial score (nSPS) is 20.5. The number of nitrogens with zero attached hydrogens (tertiary/aromatic N) is 1. The van der Waals surface area contributed by atoms with Crippen LogP contribution in [0.5, 0.6) is 0 Å². The van der Waals surface area contributed by atoms with E-state index in [1.165, 1.54) is 0 Å². The summed E-state index contributed by atoms with van der Waals surface area (Å²) in [5, 5.41) is 0. The molecule has 0 aromatic carbocycles. The number of carbonyl (C=O) groups is 1. The molecule has 15 heavy (non-hydrogen) atoms. The Hall–Kier alpha value is -1.22. The molecule has 80 valence electrons. The van der Waals surface area contributed by atoms with Gasteiger partial charge >= 0.3 is 0 Å². The van der Waals surface area contributed by atoms with Crippen LogP contribution in [0.15, 0.2) is 18.5 Å². The van der Waals surface area contributed by atoms with Gasteiger partial charge in [-0.05, 0) is 30.9 Å². The van der Waals surface area contributed by atoms with Crippen LogP contribution in [0.4, 0.5) is 0 Å². The fraction of sp³-hybridized carbons (Fsp3) is 0.500. The van der Waals surface area contributed by atoms with E-state index in [1.54, 1.807) is 12.4 Å². The zero-order valence-electron chi connectivity index (χ0n) is 8.90. The second-order valence-electron chi connectivity index (χ2n) is 4.11. The summed E-state index contributed by atoms with van der Waals surface area (Å²) in [7, 11) is 0. The van der Waals surface area contributed by atoms with Crippen molar-refractivity contribution in [2.75, 3.05) is 13.2 Å². The zero-order chi connectivity index (χ0) is 10.7. The molecule has 0 radical (unpaired) electrons. The molecule has 1 fully saturated rings. The fourth-order valence-electron chi connectivity index (χ4n) is 1.83. The van der Waals surface area contributed by atoms with Crippen LogP contribution in [-0.4, -0.2) is 24.0 Å². The lowest BCUT2D eigenvalue weighted by Gasteiger charge is -2.06. The number of pyridine rings is 1. The van der Waals surface area contributed by atoms with E-state index in [0.29, 0.717) is 12.3 Å². The first kappa shape index (κ1) is 10.3. The molecular weight excluding hydrogens is 190 g/mol. The first-order valence-corrected chi connectivity index (χ1v) is 5.28. The van der Waals surface area contributed by atoms with Gasteiger partial charge in [0, 0.05) is 37.6 Å². The molecule has 0 bridgehead atoms. The minimum absolute atomic E-state index is 0.182. The number of ketones is 1. The third kappa shape index (κ3) is 2.63. The molecule has 0 N–H and O–H groups in total. The second-order valence-corrected chi connectivity index (χ2v) is 4.11. The Morgan fingerprint density at radius 1 is 1.60 bits per heavy atom. The van der Waals surface area contributed by atoms with E-state index >= 15 is 0 Å². The van der Waals surface area contributed by atoms with Crippen molar-refractivity contribution < 1.29 is 9.53 Å². The number of carbonyl (C=O) groups excluding carboxylic acids is 1. The maximum atomic E-state index is 11.9. The van der Waals surface area contributed by atoms with E-state index in [2.05, 4.69) is 4.98 Å². The highest BCUT2D eigenvalue weighted by atomic mass is 16.5. The van der Waals surface area contributed by atoms with Gasteiger partial charge in [0.15, 0.2) is 5.78 Å². The maximum Gasteiger partial charge on any atom is 0.164 e. The second kappa shape index (κ2) is 4.53. The van der Waals surface area contributed by atoms with Crippen LogP contribution in [0, 0.1) is 12.8 Å². The lowest BCUT2D eigenvalue weighted by Crippen LogP contribution is -2.09. The molecule has 0 saturated carbocycles. The van der Waals surface area contributed by atoms with Gasteiger partial charge < -0.3 is 4.74 Å². The van der Waals surface area contributed by atoms with Gasteiger partial charge in [0.2, 0.25) is 0 Å². The largest absolute Gasteiger partial charge is 0.381 e.